The maximum Gasteiger partial charge on any atom is 0.0617 e. The molecular formula is C18H20Cl2N2. The molecule has 0 spiro atoms. The van der Waals surface area contributed by atoms with E-state index < -0.39 is 0 Å². The van der Waals surface area contributed by atoms with E-state index in [-0.39, 0.29) is 6.04 Å². The van der Waals surface area contributed by atoms with Crippen LogP contribution in [0.3, 0.4) is 0 Å². The predicted molar refractivity (Wildman–Crippen MR) is 93.9 cm³/mol. The Morgan fingerprint density at radius 1 is 1.00 bits per heavy atom. The van der Waals surface area contributed by atoms with Gasteiger partial charge in [-0.1, -0.05) is 53.0 Å². The largest absolute Gasteiger partial charge is 0.314 e. The highest BCUT2D eigenvalue weighted by Gasteiger charge is 2.25. The first-order valence-electron chi connectivity index (χ1n) is 7.61. The molecule has 3 rings (SSSR count). The Bertz CT molecular complexity index is 634. The molecule has 1 aliphatic heterocycles. The van der Waals surface area contributed by atoms with E-state index in [9.17, 15) is 0 Å². The topological polar surface area (TPSA) is 15.3 Å². The molecule has 0 radical (unpaired) electrons. The molecule has 0 saturated carbocycles. The minimum Gasteiger partial charge on any atom is -0.314 e. The third kappa shape index (κ3) is 3.47. The zero-order valence-corrected chi connectivity index (χ0v) is 14.2. The summed E-state index contributed by atoms with van der Waals surface area (Å²) >= 11 is 12.7. The van der Waals surface area contributed by atoms with Gasteiger partial charge in [0, 0.05) is 36.2 Å². The zero-order valence-electron chi connectivity index (χ0n) is 12.7. The molecule has 22 heavy (non-hydrogen) atoms. The Morgan fingerprint density at radius 3 is 2.36 bits per heavy atom. The predicted octanol–water partition coefficient (Wildman–Crippen LogP) is 4.30. The number of nitrogens with one attached hydrogen (secondary N) is 1. The van der Waals surface area contributed by atoms with Crippen molar-refractivity contribution in [2.75, 3.05) is 26.2 Å². The number of hydrogen-bond acceptors (Lipinski definition) is 2. The Kier molecular flexibility index (Phi) is 5.04. The summed E-state index contributed by atoms with van der Waals surface area (Å²) in [6.45, 7) is 6.11. The van der Waals surface area contributed by atoms with Gasteiger partial charge < -0.3 is 5.32 Å². The van der Waals surface area contributed by atoms with Gasteiger partial charge in [0.25, 0.3) is 0 Å². The van der Waals surface area contributed by atoms with E-state index >= 15 is 0 Å². The highest BCUT2D eigenvalue weighted by molar-refractivity contribution is 6.33. The Morgan fingerprint density at radius 2 is 1.68 bits per heavy atom. The van der Waals surface area contributed by atoms with Crippen molar-refractivity contribution in [1.82, 2.24) is 10.2 Å². The van der Waals surface area contributed by atoms with Gasteiger partial charge in [0.15, 0.2) is 0 Å². The summed E-state index contributed by atoms with van der Waals surface area (Å²) < 4.78 is 0. The summed E-state index contributed by atoms with van der Waals surface area (Å²) in [5.74, 6) is 0. The lowest BCUT2D eigenvalue weighted by Gasteiger charge is -2.36. The highest BCUT2D eigenvalue weighted by atomic mass is 35.5. The standard InChI is InChI=1S/C18H20Cl2N2/c1-13-2-4-14(5-3-13)18(22-10-8-21-9-11-22)16-12-15(19)6-7-17(16)20/h2-7,12,18,21H,8-11H2,1H3. The number of benzene rings is 2. The van der Waals surface area contributed by atoms with Crippen LogP contribution < -0.4 is 5.32 Å². The monoisotopic (exact) mass is 334 g/mol. The van der Waals surface area contributed by atoms with Gasteiger partial charge in [0.05, 0.1) is 6.04 Å². The smallest absolute Gasteiger partial charge is 0.0617 e. The maximum absolute atomic E-state index is 6.49. The lowest BCUT2D eigenvalue weighted by molar-refractivity contribution is 0.198. The number of nitrogens with zero attached hydrogens (tertiary/aromatic N) is 1. The maximum atomic E-state index is 6.49. The van der Waals surface area contributed by atoms with Crippen molar-refractivity contribution in [2.24, 2.45) is 0 Å². The van der Waals surface area contributed by atoms with Crippen molar-refractivity contribution in [3.8, 4) is 0 Å². The molecule has 2 nitrogen and oxygen atoms in total. The molecule has 1 saturated heterocycles. The van der Waals surface area contributed by atoms with Crippen LogP contribution in [0.4, 0.5) is 0 Å². The summed E-state index contributed by atoms with van der Waals surface area (Å²) in [7, 11) is 0. The summed E-state index contributed by atoms with van der Waals surface area (Å²) in [5.41, 5.74) is 3.61. The fraction of sp³-hybridized carbons (Fsp3) is 0.333. The zero-order chi connectivity index (χ0) is 15.5. The van der Waals surface area contributed by atoms with E-state index in [1.54, 1.807) is 0 Å². The first-order chi connectivity index (χ1) is 10.6. The molecule has 0 aromatic heterocycles. The molecule has 0 amide bonds. The quantitative estimate of drug-likeness (QED) is 0.900. The third-order valence-corrected chi connectivity index (χ3v) is 4.74. The molecule has 1 heterocycles. The summed E-state index contributed by atoms with van der Waals surface area (Å²) in [4.78, 5) is 2.47. The van der Waals surface area contributed by atoms with Crippen molar-refractivity contribution >= 4 is 23.2 Å². The molecule has 116 valence electrons. The van der Waals surface area contributed by atoms with E-state index in [1.165, 1.54) is 11.1 Å². The second kappa shape index (κ2) is 7.01. The van der Waals surface area contributed by atoms with Crippen LogP contribution in [0, 0.1) is 6.92 Å². The third-order valence-electron chi connectivity index (χ3n) is 4.16. The van der Waals surface area contributed by atoms with Crippen LogP contribution in [-0.2, 0) is 0 Å². The minimum absolute atomic E-state index is 0.147. The molecule has 1 aliphatic rings. The van der Waals surface area contributed by atoms with Crippen molar-refractivity contribution in [3.05, 3.63) is 69.2 Å². The van der Waals surface area contributed by atoms with Crippen LogP contribution in [-0.4, -0.2) is 31.1 Å². The van der Waals surface area contributed by atoms with Gasteiger partial charge in [-0.3, -0.25) is 4.90 Å². The molecule has 1 unspecified atom stereocenters. The second-order valence-corrected chi connectivity index (χ2v) is 6.61. The van der Waals surface area contributed by atoms with Crippen LogP contribution in [0.1, 0.15) is 22.7 Å². The van der Waals surface area contributed by atoms with E-state index in [0.29, 0.717) is 0 Å². The van der Waals surface area contributed by atoms with E-state index in [2.05, 4.69) is 41.4 Å². The van der Waals surface area contributed by atoms with E-state index in [4.69, 9.17) is 23.2 Å². The normalized spacial score (nSPS) is 17.4. The van der Waals surface area contributed by atoms with Crippen LogP contribution in [0.25, 0.3) is 0 Å². The molecule has 2 aromatic rings. The molecule has 1 atom stereocenters. The lowest BCUT2D eigenvalue weighted by Crippen LogP contribution is -2.45. The van der Waals surface area contributed by atoms with Crippen molar-refractivity contribution in [1.29, 1.82) is 0 Å². The Balaban J connectivity index is 2.05. The van der Waals surface area contributed by atoms with Crippen molar-refractivity contribution in [3.63, 3.8) is 0 Å². The van der Waals surface area contributed by atoms with Gasteiger partial charge >= 0.3 is 0 Å². The van der Waals surface area contributed by atoms with E-state index in [1.807, 2.05) is 18.2 Å². The van der Waals surface area contributed by atoms with Crippen LogP contribution in [0.5, 0.6) is 0 Å². The summed E-state index contributed by atoms with van der Waals surface area (Å²) in [5, 5.41) is 4.91. The molecule has 0 aliphatic carbocycles. The number of aryl methyl sites for hydroxylation is 1. The number of halogens is 2. The second-order valence-electron chi connectivity index (χ2n) is 5.77. The van der Waals surface area contributed by atoms with Crippen molar-refractivity contribution in [2.45, 2.75) is 13.0 Å². The molecule has 4 heteroatoms. The summed E-state index contributed by atoms with van der Waals surface area (Å²) in [6.07, 6.45) is 0. The molecular weight excluding hydrogens is 315 g/mol. The Hall–Kier alpha value is -1.06. The molecule has 2 aromatic carbocycles. The van der Waals surface area contributed by atoms with Crippen LogP contribution in [0.2, 0.25) is 10.0 Å². The van der Waals surface area contributed by atoms with Gasteiger partial charge in [-0.15, -0.1) is 0 Å². The first kappa shape index (κ1) is 15.8. The average Bonchev–Trinajstić information content (AvgIpc) is 2.54. The fourth-order valence-electron chi connectivity index (χ4n) is 3.00. The molecule has 1 N–H and O–H groups in total. The van der Waals surface area contributed by atoms with Gasteiger partial charge in [0.2, 0.25) is 0 Å². The molecule has 0 bridgehead atoms. The van der Waals surface area contributed by atoms with Gasteiger partial charge in [-0.25, -0.2) is 0 Å². The summed E-state index contributed by atoms with van der Waals surface area (Å²) in [6, 6.07) is 14.6. The average molecular weight is 335 g/mol. The van der Waals surface area contributed by atoms with Crippen LogP contribution >= 0.6 is 23.2 Å². The molecule has 1 fully saturated rings. The highest BCUT2D eigenvalue weighted by Crippen LogP contribution is 2.35. The SMILES string of the molecule is Cc1ccc(C(c2cc(Cl)ccc2Cl)N2CCNCC2)cc1. The lowest BCUT2D eigenvalue weighted by atomic mass is 9.95. The Labute approximate surface area is 142 Å². The van der Waals surface area contributed by atoms with Crippen molar-refractivity contribution < 1.29 is 0 Å². The van der Waals surface area contributed by atoms with E-state index in [0.717, 1.165) is 41.8 Å². The minimum atomic E-state index is 0.147. The van der Waals surface area contributed by atoms with Gasteiger partial charge in [-0.05, 0) is 36.2 Å². The number of piperazine rings is 1. The number of hydrogen-bond donors (Lipinski definition) is 1. The number of rotatable bonds is 3. The van der Waals surface area contributed by atoms with Gasteiger partial charge in [0.1, 0.15) is 0 Å². The first-order valence-corrected chi connectivity index (χ1v) is 8.37. The fourth-order valence-corrected chi connectivity index (χ4v) is 3.40. The van der Waals surface area contributed by atoms with Crippen LogP contribution in [0.15, 0.2) is 42.5 Å². The van der Waals surface area contributed by atoms with Gasteiger partial charge in [-0.2, -0.15) is 0 Å².